The van der Waals surface area contributed by atoms with Gasteiger partial charge in [-0.1, -0.05) is 66.4 Å². The predicted octanol–water partition coefficient (Wildman–Crippen LogP) is 4.11. The highest BCUT2D eigenvalue weighted by Crippen LogP contribution is 2.30. The number of hydrogen-bond donors (Lipinski definition) is 1. The molecule has 0 aliphatic carbocycles. The number of benzene rings is 3. The lowest BCUT2D eigenvalue weighted by Gasteiger charge is -2.18. The van der Waals surface area contributed by atoms with Gasteiger partial charge < -0.3 is 10.2 Å². The molecular weight excluding hydrogens is 370 g/mol. The van der Waals surface area contributed by atoms with E-state index in [2.05, 4.69) is 10.3 Å². The van der Waals surface area contributed by atoms with E-state index < -0.39 is 5.25 Å². The van der Waals surface area contributed by atoms with Crippen LogP contribution in [0.3, 0.4) is 0 Å². The molecule has 6 heteroatoms. The number of hydrogen-bond acceptors (Lipinski definition) is 4. The minimum absolute atomic E-state index is 0.106. The quantitative estimate of drug-likeness (QED) is 0.730. The fourth-order valence-electron chi connectivity index (χ4n) is 3.10. The Labute approximate surface area is 167 Å². The normalized spacial score (nSPS) is 17.7. The number of aliphatic imine (C=N–C) groups is 1. The molecule has 0 radical (unpaired) electrons. The van der Waals surface area contributed by atoms with Crippen molar-refractivity contribution in [3.05, 3.63) is 72.8 Å². The Balaban J connectivity index is 1.49. The molecule has 1 saturated heterocycles. The van der Waals surface area contributed by atoms with Crippen molar-refractivity contribution in [3.8, 4) is 0 Å². The molecule has 1 heterocycles. The number of nitrogens with zero attached hydrogens (tertiary/aromatic N) is 2. The third-order valence-electron chi connectivity index (χ3n) is 4.64. The van der Waals surface area contributed by atoms with Gasteiger partial charge in [-0.15, -0.1) is 0 Å². The molecule has 4 rings (SSSR count). The topological polar surface area (TPSA) is 61.8 Å². The van der Waals surface area contributed by atoms with Crippen LogP contribution in [0.15, 0.2) is 77.8 Å². The number of rotatable bonds is 4. The Hall–Kier alpha value is -3.12. The number of para-hydroxylation sites is 1. The number of carbonyl (C=O) groups is 2. The molecule has 0 aromatic heterocycles. The number of amidine groups is 1. The maximum absolute atomic E-state index is 12.6. The molecule has 0 spiro atoms. The van der Waals surface area contributed by atoms with Crippen molar-refractivity contribution >= 4 is 50.9 Å². The largest absolute Gasteiger partial charge is 0.315 e. The molecule has 0 bridgehead atoms. The molecule has 1 unspecified atom stereocenters. The maximum atomic E-state index is 12.6. The summed E-state index contributed by atoms with van der Waals surface area (Å²) >= 11 is 1.30. The molecule has 1 atom stereocenters. The third kappa shape index (κ3) is 3.77. The first-order chi connectivity index (χ1) is 13.6. The van der Waals surface area contributed by atoms with E-state index in [-0.39, 0.29) is 18.2 Å². The molecule has 0 saturated carbocycles. The fraction of sp³-hybridized carbons (Fsp3) is 0.136. The van der Waals surface area contributed by atoms with Crippen molar-refractivity contribution in [2.24, 2.45) is 4.99 Å². The zero-order chi connectivity index (χ0) is 19.5. The summed E-state index contributed by atoms with van der Waals surface area (Å²) in [5.74, 6) is -0.288. The monoisotopic (exact) mass is 389 g/mol. The zero-order valence-electron chi connectivity index (χ0n) is 15.3. The number of nitrogens with one attached hydrogen (secondary N) is 1. The first-order valence-electron chi connectivity index (χ1n) is 8.97. The zero-order valence-corrected chi connectivity index (χ0v) is 16.1. The van der Waals surface area contributed by atoms with E-state index in [1.807, 2.05) is 72.8 Å². The molecule has 5 nitrogen and oxygen atoms in total. The Morgan fingerprint density at radius 1 is 1.04 bits per heavy atom. The van der Waals surface area contributed by atoms with Crippen LogP contribution in [0.4, 0.5) is 11.4 Å². The maximum Gasteiger partial charge on any atom is 0.240 e. The van der Waals surface area contributed by atoms with Gasteiger partial charge in [0.1, 0.15) is 5.25 Å². The number of amides is 2. The Kier molecular flexibility index (Phi) is 5.12. The summed E-state index contributed by atoms with van der Waals surface area (Å²) in [6.45, 7) is 0. The van der Waals surface area contributed by atoms with Crippen LogP contribution in [0.5, 0.6) is 0 Å². The van der Waals surface area contributed by atoms with Crippen molar-refractivity contribution in [1.29, 1.82) is 0 Å². The lowest BCUT2D eigenvalue weighted by atomic mass is 10.1. The van der Waals surface area contributed by atoms with Gasteiger partial charge in [-0.2, -0.15) is 0 Å². The van der Waals surface area contributed by atoms with Crippen molar-refractivity contribution in [2.45, 2.75) is 11.7 Å². The van der Waals surface area contributed by atoms with Gasteiger partial charge >= 0.3 is 0 Å². The van der Waals surface area contributed by atoms with Crippen LogP contribution in [0.2, 0.25) is 0 Å². The summed E-state index contributed by atoms with van der Waals surface area (Å²) in [7, 11) is 1.72. The Morgan fingerprint density at radius 2 is 1.75 bits per heavy atom. The summed E-state index contributed by atoms with van der Waals surface area (Å²) in [5, 5.41) is 4.97. The first-order valence-corrected chi connectivity index (χ1v) is 9.85. The molecule has 1 N–H and O–H groups in total. The van der Waals surface area contributed by atoms with Gasteiger partial charge in [0.15, 0.2) is 5.17 Å². The van der Waals surface area contributed by atoms with Crippen molar-refractivity contribution < 1.29 is 9.59 Å². The fourth-order valence-corrected chi connectivity index (χ4v) is 4.07. The van der Waals surface area contributed by atoms with Crippen molar-refractivity contribution in [1.82, 2.24) is 5.32 Å². The van der Waals surface area contributed by atoms with Crippen molar-refractivity contribution in [3.63, 3.8) is 0 Å². The van der Waals surface area contributed by atoms with Crippen LogP contribution in [0.1, 0.15) is 6.42 Å². The Bertz CT molecular complexity index is 1060. The molecule has 1 fully saturated rings. The van der Waals surface area contributed by atoms with Gasteiger partial charge in [-0.3, -0.25) is 9.59 Å². The molecule has 28 heavy (non-hydrogen) atoms. The van der Waals surface area contributed by atoms with E-state index in [9.17, 15) is 9.59 Å². The average molecular weight is 389 g/mol. The second-order valence-corrected chi connectivity index (χ2v) is 7.69. The molecule has 1 aliphatic heterocycles. The predicted molar refractivity (Wildman–Crippen MR) is 115 cm³/mol. The van der Waals surface area contributed by atoms with Crippen molar-refractivity contribution in [2.75, 3.05) is 11.9 Å². The Morgan fingerprint density at radius 3 is 2.57 bits per heavy atom. The number of carbonyl (C=O) groups excluding carboxylic acids is 2. The SMILES string of the molecule is CN(C(=O)CC1SC(=Nc2cccc3ccccc23)NC1=O)c1ccccc1. The van der Waals surface area contributed by atoms with E-state index in [4.69, 9.17) is 0 Å². The number of fused-ring (bicyclic) bond motifs is 1. The number of thioether (sulfide) groups is 1. The molecule has 1 aliphatic rings. The number of anilines is 1. The summed E-state index contributed by atoms with van der Waals surface area (Å²) < 4.78 is 0. The minimum Gasteiger partial charge on any atom is -0.315 e. The van der Waals surface area contributed by atoms with Crippen LogP contribution >= 0.6 is 11.8 Å². The highest BCUT2D eigenvalue weighted by atomic mass is 32.2. The standard InChI is InChI=1S/C22H19N3O2S/c1-25(16-10-3-2-4-11-16)20(26)14-19-21(27)24-22(28-19)23-18-13-7-9-15-8-5-6-12-17(15)18/h2-13,19H,14H2,1H3,(H,23,24,27). The van der Waals surface area contributed by atoms with E-state index in [0.29, 0.717) is 5.17 Å². The summed E-state index contributed by atoms with van der Waals surface area (Å²) in [6, 6.07) is 23.3. The summed E-state index contributed by atoms with van der Waals surface area (Å²) in [4.78, 5) is 31.1. The lowest BCUT2D eigenvalue weighted by Crippen LogP contribution is -2.32. The third-order valence-corrected chi connectivity index (χ3v) is 5.72. The van der Waals surface area contributed by atoms with Gasteiger partial charge in [-0.25, -0.2) is 4.99 Å². The van der Waals surface area contributed by atoms with E-state index in [0.717, 1.165) is 22.1 Å². The second kappa shape index (κ2) is 7.86. The molecule has 140 valence electrons. The van der Waals surface area contributed by atoms with Gasteiger partial charge in [0.25, 0.3) is 0 Å². The molecule has 3 aromatic rings. The summed E-state index contributed by atoms with van der Waals surface area (Å²) in [5.41, 5.74) is 1.61. The summed E-state index contributed by atoms with van der Waals surface area (Å²) in [6.07, 6.45) is 0.121. The van der Waals surface area contributed by atoms with Crippen LogP contribution in [-0.2, 0) is 9.59 Å². The van der Waals surface area contributed by atoms with Gasteiger partial charge in [0.2, 0.25) is 11.8 Å². The molecule has 3 aromatic carbocycles. The minimum atomic E-state index is -0.479. The van der Waals surface area contributed by atoms with Crippen LogP contribution in [0, 0.1) is 0 Å². The average Bonchev–Trinajstić information content (AvgIpc) is 3.07. The van der Waals surface area contributed by atoms with E-state index in [1.54, 1.807) is 11.9 Å². The highest BCUT2D eigenvalue weighted by molar-refractivity contribution is 8.15. The lowest BCUT2D eigenvalue weighted by molar-refractivity contribution is -0.123. The van der Waals surface area contributed by atoms with Gasteiger partial charge in [0, 0.05) is 24.5 Å². The van der Waals surface area contributed by atoms with Gasteiger partial charge in [-0.05, 0) is 23.6 Å². The molecule has 2 amide bonds. The van der Waals surface area contributed by atoms with E-state index >= 15 is 0 Å². The second-order valence-electron chi connectivity index (χ2n) is 6.50. The first kappa shape index (κ1) is 18.3. The van der Waals surface area contributed by atoms with Crippen LogP contribution < -0.4 is 10.2 Å². The van der Waals surface area contributed by atoms with E-state index in [1.165, 1.54) is 11.8 Å². The highest BCUT2D eigenvalue weighted by Gasteiger charge is 2.33. The molecular formula is C22H19N3O2S. The van der Waals surface area contributed by atoms with Gasteiger partial charge in [0.05, 0.1) is 5.69 Å². The van der Waals surface area contributed by atoms with Crippen LogP contribution in [0.25, 0.3) is 10.8 Å². The smallest absolute Gasteiger partial charge is 0.240 e. The van der Waals surface area contributed by atoms with Crippen LogP contribution in [-0.4, -0.2) is 29.3 Å².